The molecule has 7 aromatic carbocycles. The fraction of sp³-hybridized carbons (Fsp3) is 0. The molecule has 9 rings (SSSR count). The molecular weight excluding hydrogens is 611 g/mol. The normalized spacial score (nSPS) is 11.1. The van der Waals surface area contributed by atoms with Crippen molar-refractivity contribution in [1.29, 1.82) is 15.8 Å². The van der Waals surface area contributed by atoms with Gasteiger partial charge in [0, 0.05) is 38.4 Å². The second kappa shape index (κ2) is 11.4. The predicted octanol–water partition coefficient (Wildman–Crippen LogP) is 10.8. The average molecular weight is 636 g/mol. The molecule has 2 heterocycles. The van der Waals surface area contributed by atoms with E-state index in [0.29, 0.717) is 16.7 Å². The number of fused-ring (bicyclic) bond motifs is 6. The lowest BCUT2D eigenvalue weighted by atomic mass is 9.90. The Hall–Kier alpha value is -7.39. The molecule has 0 bridgehead atoms. The van der Waals surface area contributed by atoms with Gasteiger partial charge < -0.3 is 9.13 Å². The maximum absolute atomic E-state index is 10.5. The first-order valence-electron chi connectivity index (χ1n) is 16.3. The molecule has 0 fully saturated rings. The van der Waals surface area contributed by atoms with Crippen LogP contribution in [-0.4, -0.2) is 9.13 Å². The number of hydrogen-bond donors (Lipinski definition) is 0. The topological polar surface area (TPSA) is 81.2 Å². The second-order valence-corrected chi connectivity index (χ2v) is 12.3. The van der Waals surface area contributed by atoms with Crippen LogP contribution in [0.4, 0.5) is 0 Å². The van der Waals surface area contributed by atoms with E-state index in [2.05, 4.69) is 112 Å². The first kappa shape index (κ1) is 28.8. The van der Waals surface area contributed by atoms with Crippen molar-refractivity contribution in [3.05, 3.63) is 168 Å². The number of nitriles is 3. The fourth-order valence-electron chi connectivity index (χ4n) is 7.50. The third kappa shape index (κ3) is 4.31. The van der Waals surface area contributed by atoms with Crippen LogP contribution in [0, 0.1) is 34.0 Å². The zero-order valence-corrected chi connectivity index (χ0v) is 26.7. The molecule has 0 amide bonds. The number of para-hydroxylation sites is 3. The van der Waals surface area contributed by atoms with E-state index in [1.54, 1.807) is 0 Å². The molecule has 0 N–H and O–H groups in total. The summed E-state index contributed by atoms with van der Waals surface area (Å²) < 4.78 is 4.45. The van der Waals surface area contributed by atoms with E-state index < -0.39 is 0 Å². The molecule has 0 atom stereocenters. The molecule has 0 spiro atoms. The Labute approximate surface area is 287 Å². The van der Waals surface area contributed by atoms with Gasteiger partial charge in [-0.3, -0.25) is 0 Å². The molecule has 0 aliphatic rings. The van der Waals surface area contributed by atoms with Gasteiger partial charge in [-0.25, -0.2) is 0 Å². The summed E-state index contributed by atoms with van der Waals surface area (Å²) in [4.78, 5) is 0. The zero-order chi connectivity index (χ0) is 33.8. The highest BCUT2D eigenvalue weighted by Gasteiger charge is 2.20. The SMILES string of the molecule is N#Cc1ccc2c(c1)c1ccc(C#N)cc1n2-c1cccc(-c2c(C#N)cccc2-c2ccccc2-n2c3ccccc3c3ccccc32)c1. The standard InChI is InChI=1S/C45H25N5/c46-26-29-20-22-43-39(23-29)37-21-19-30(27-47)24-44(37)49(43)33-11-7-9-31(25-33)45-32(28-48)10-8-15-38(45)36-14-3-6-18-42(36)50-40-16-4-1-12-34(40)35-13-2-5-17-41(35)50/h1-25H. The van der Waals surface area contributed by atoms with Gasteiger partial charge in [0.15, 0.2) is 0 Å². The van der Waals surface area contributed by atoms with Gasteiger partial charge in [0.05, 0.1) is 62.7 Å². The van der Waals surface area contributed by atoms with Crippen LogP contribution in [0.2, 0.25) is 0 Å². The molecular formula is C45H25N5. The van der Waals surface area contributed by atoms with Crippen LogP contribution in [0.3, 0.4) is 0 Å². The number of benzene rings is 7. The monoisotopic (exact) mass is 635 g/mol. The Morgan fingerprint density at radius 2 is 1.02 bits per heavy atom. The summed E-state index contributed by atoms with van der Waals surface area (Å²) in [6.07, 6.45) is 0. The van der Waals surface area contributed by atoms with Gasteiger partial charge in [0.1, 0.15) is 0 Å². The van der Waals surface area contributed by atoms with Gasteiger partial charge >= 0.3 is 0 Å². The van der Waals surface area contributed by atoms with Gasteiger partial charge in [-0.15, -0.1) is 0 Å². The van der Waals surface area contributed by atoms with E-state index in [1.165, 1.54) is 10.8 Å². The highest BCUT2D eigenvalue weighted by molar-refractivity contribution is 6.11. The molecule has 0 radical (unpaired) electrons. The average Bonchev–Trinajstić information content (AvgIpc) is 3.69. The maximum Gasteiger partial charge on any atom is 0.0998 e. The van der Waals surface area contributed by atoms with Crippen LogP contribution >= 0.6 is 0 Å². The molecule has 0 unspecified atom stereocenters. The summed E-state index contributed by atoms with van der Waals surface area (Å²) in [5.74, 6) is 0. The van der Waals surface area contributed by atoms with Crippen LogP contribution in [0.5, 0.6) is 0 Å². The van der Waals surface area contributed by atoms with E-state index in [0.717, 1.165) is 66.5 Å². The molecule has 2 aromatic heterocycles. The minimum atomic E-state index is 0.553. The zero-order valence-electron chi connectivity index (χ0n) is 26.7. The number of hydrogen-bond acceptors (Lipinski definition) is 3. The van der Waals surface area contributed by atoms with Crippen LogP contribution < -0.4 is 0 Å². The predicted molar refractivity (Wildman–Crippen MR) is 200 cm³/mol. The number of rotatable bonds is 4. The smallest absolute Gasteiger partial charge is 0.0998 e. The van der Waals surface area contributed by atoms with E-state index in [9.17, 15) is 15.8 Å². The van der Waals surface area contributed by atoms with Gasteiger partial charge in [0.2, 0.25) is 0 Å². The second-order valence-electron chi connectivity index (χ2n) is 12.3. The Balaban J connectivity index is 1.30. The van der Waals surface area contributed by atoms with E-state index in [1.807, 2.05) is 66.7 Å². The lowest BCUT2D eigenvalue weighted by Gasteiger charge is -2.18. The third-order valence-corrected chi connectivity index (χ3v) is 9.62. The van der Waals surface area contributed by atoms with E-state index in [-0.39, 0.29) is 0 Å². The molecule has 5 nitrogen and oxygen atoms in total. The molecule has 9 aromatic rings. The minimum Gasteiger partial charge on any atom is -0.309 e. The van der Waals surface area contributed by atoms with Crippen LogP contribution in [0.25, 0.3) is 77.2 Å². The molecule has 0 aliphatic heterocycles. The summed E-state index contributed by atoms with van der Waals surface area (Å²) in [5, 5.41) is 34.2. The van der Waals surface area contributed by atoms with Crippen molar-refractivity contribution in [3.63, 3.8) is 0 Å². The van der Waals surface area contributed by atoms with Crippen molar-refractivity contribution in [2.75, 3.05) is 0 Å². The molecule has 0 saturated heterocycles. The first-order valence-corrected chi connectivity index (χ1v) is 16.3. The quantitative estimate of drug-likeness (QED) is 0.193. The van der Waals surface area contributed by atoms with E-state index >= 15 is 0 Å². The lowest BCUT2D eigenvalue weighted by molar-refractivity contribution is 1.18. The van der Waals surface area contributed by atoms with Crippen molar-refractivity contribution in [2.45, 2.75) is 0 Å². The summed E-state index contributed by atoms with van der Waals surface area (Å²) in [6.45, 7) is 0. The highest BCUT2D eigenvalue weighted by atomic mass is 15.0. The van der Waals surface area contributed by atoms with Crippen LogP contribution in [-0.2, 0) is 0 Å². The molecule has 230 valence electrons. The minimum absolute atomic E-state index is 0.553. The summed E-state index contributed by atoms with van der Waals surface area (Å²) in [5.41, 5.74) is 11.3. The lowest BCUT2D eigenvalue weighted by Crippen LogP contribution is -1.99. The summed E-state index contributed by atoms with van der Waals surface area (Å²) in [6, 6.07) is 57.8. The summed E-state index contributed by atoms with van der Waals surface area (Å²) in [7, 11) is 0. The van der Waals surface area contributed by atoms with Crippen molar-refractivity contribution < 1.29 is 0 Å². The van der Waals surface area contributed by atoms with Gasteiger partial charge in [-0.2, -0.15) is 15.8 Å². The molecule has 0 saturated carbocycles. The Kier molecular flexibility index (Phi) is 6.56. The van der Waals surface area contributed by atoms with Crippen LogP contribution in [0.15, 0.2) is 152 Å². The molecule has 5 heteroatoms. The fourth-order valence-corrected chi connectivity index (χ4v) is 7.50. The Morgan fingerprint density at radius 3 is 1.78 bits per heavy atom. The number of nitrogens with zero attached hydrogens (tertiary/aromatic N) is 5. The van der Waals surface area contributed by atoms with E-state index in [4.69, 9.17) is 0 Å². The van der Waals surface area contributed by atoms with Crippen molar-refractivity contribution in [1.82, 2.24) is 9.13 Å². The van der Waals surface area contributed by atoms with Crippen LogP contribution in [0.1, 0.15) is 16.7 Å². The van der Waals surface area contributed by atoms with Gasteiger partial charge in [-0.05, 0) is 77.9 Å². The molecule has 50 heavy (non-hydrogen) atoms. The maximum atomic E-state index is 10.5. The van der Waals surface area contributed by atoms with Crippen molar-refractivity contribution in [2.24, 2.45) is 0 Å². The van der Waals surface area contributed by atoms with Gasteiger partial charge in [-0.1, -0.05) is 84.9 Å². The largest absolute Gasteiger partial charge is 0.309 e. The van der Waals surface area contributed by atoms with Crippen molar-refractivity contribution >= 4 is 43.6 Å². The highest BCUT2D eigenvalue weighted by Crippen LogP contribution is 2.42. The third-order valence-electron chi connectivity index (χ3n) is 9.62. The van der Waals surface area contributed by atoms with Crippen molar-refractivity contribution in [3.8, 4) is 51.8 Å². The number of aromatic nitrogens is 2. The first-order chi connectivity index (χ1) is 24.7. The van der Waals surface area contributed by atoms with Gasteiger partial charge in [0.25, 0.3) is 0 Å². The summed E-state index contributed by atoms with van der Waals surface area (Å²) >= 11 is 0. The Morgan fingerprint density at radius 1 is 0.400 bits per heavy atom. The Bertz CT molecular complexity index is 2920. The molecule has 0 aliphatic carbocycles.